The van der Waals surface area contributed by atoms with Crippen LogP contribution in [-0.4, -0.2) is 70.0 Å². The Kier molecular flexibility index (Phi) is 8.28. The molecule has 0 aliphatic rings. The summed E-state index contributed by atoms with van der Waals surface area (Å²) < 4.78 is 30.4. The molecule has 1 N–H and O–H groups in total. The van der Waals surface area contributed by atoms with Crippen LogP contribution in [0.25, 0.3) is 0 Å². The second kappa shape index (κ2) is 8.83. The lowest BCUT2D eigenvalue weighted by Gasteiger charge is -2.21. The van der Waals surface area contributed by atoms with E-state index in [1.807, 2.05) is 0 Å². The summed E-state index contributed by atoms with van der Waals surface area (Å²) in [6.45, 7) is -0.383. The Labute approximate surface area is 112 Å². The van der Waals surface area contributed by atoms with Crippen molar-refractivity contribution >= 4 is 22.0 Å². The molecule has 0 unspecified atom stereocenters. The molecule has 0 aliphatic carbocycles. The van der Waals surface area contributed by atoms with Crippen molar-refractivity contribution in [1.82, 2.24) is 4.90 Å². The van der Waals surface area contributed by atoms with Gasteiger partial charge in [0.2, 0.25) is 5.91 Å². The Bertz CT molecular complexity index is 393. The summed E-state index contributed by atoms with van der Waals surface area (Å²) in [5.41, 5.74) is 0. The molecule has 8 nitrogen and oxygen atoms in total. The van der Waals surface area contributed by atoms with Gasteiger partial charge in [-0.15, -0.1) is 0 Å². The van der Waals surface area contributed by atoms with Crippen molar-refractivity contribution in [2.24, 2.45) is 0 Å². The molecule has 0 bridgehead atoms. The van der Waals surface area contributed by atoms with Crippen LogP contribution in [0.1, 0.15) is 12.8 Å². The molecule has 112 valence electrons. The molecule has 9 heteroatoms. The number of rotatable bonds is 9. The summed E-state index contributed by atoms with van der Waals surface area (Å²) in [5, 5.41) is 8.82. The van der Waals surface area contributed by atoms with E-state index < -0.39 is 16.1 Å². The Hall–Kier alpha value is -1.19. The van der Waals surface area contributed by atoms with Crippen molar-refractivity contribution in [3.05, 3.63) is 0 Å². The van der Waals surface area contributed by atoms with Gasteiger partial charge in [-0.05, 0) is 0 Å². The molecule has 1 amide bonds. The maximum absolute atomic E-state index is 11.7. The number of ether oxygens (including phenoxy) is 1. The topological polar surface area (TPSA) is 110 Å². The minimum absolute atomic E-state index is 0.0215. The van der Waals surface area contributed by atoms with Gasteiger partial charge in [-0.25, -0.2) is 0 Å². The molecule has 0 heterocycles. The van der Waals surface area contributed by atoms with E-state index in [1.165, 1.54) is 12.0 Å². The van der Waals surface area contributed by atoms with Crippen molar-refractivity contribution in [1.29, 1.82) is 0 Å². The number of methoxy groups -OCH3 is 1. The standard InChI is InChI=1S/C10H19NO7S/c1-17-10(14)4-3-9(13)11(5-7-12)6-8-18-19(2,15)16/h12H,3-8H2,1-2H3. The number of amides is 1. The Balaban J connectivity index is 4.22. The van der Waals surface area contributed by atoms with E-state index in [4.69, 9.17) is 5.11 Å². The average molecular weight is 297 g/mol. The number of hydrogen-bond acceptors (Lipinski definition) is 7. The molecular weight excluding hydrogens is 278 g/mol. The zero-order valence-corrected chi connectivity index (χ0v) is 11.8. The molecule has 0 rings (SSSR count). The highest BCUT2D eigenvalue weighted by molar-refractivity contribution is 7.85. The van der Waals surface area contributed by atoms with Crippen molar-refractivity contribution in [3.8, 4) is 0 Å². The molecule has 0 aromatic rings. The fourth-order valence-electron chi connectivity index (χ4n) is 1.25. The molecule has 0 saturated carbocycles. The summed E-state index contributed by atoms with van der Waals surface area (Å²) in [7, 11) is -2.34. The Morgan fingerprint density at radius 1 is 1.21 bits per heavy atom. The Morgan fingerprint density at radius 3 is 2.32 bits per heavy atom. The summed E-state index contributed by atoms with van der Waals surface area (Å²) in [6.07, 6.45) is 0.776. The van der Waals surface area contributed by atoms with Crippen LogP contribution in [0.5, 0.6) is 0 Å². The third kappa shape index (κ3) is 9.40. The summed E-state index contributed by atoms with van der Waals surface area (Å²) in [5.74, 6) is -0.888. The smallest absolute Gasteiger partial charge is 0.306 e. The third-order valence-corrected chi connectivity index (χ3v) is 2.75. The van der Waals surface area contributed by atoms with Gasteiger partial charge in [0.25, 0.3) is 10.1 Å². The van der Waals surface area contributed by atoms with E-state index in [2.05, 4.69) is 8.92 Å². The lowest BCUT2D eigenvalue weighted by atomic mass is 10.2. The van der Waals surface area contributed by atoms with E-state index in [1.54, 1.807) is 0 Å². The predicted octanol–water partition coefficient (Wildman–Crippen LogP) is -1.26. The quantitative estimate of drug-likeness (QED) is 0.417. The molecule has 0 aromatic carbocycles. The second-order valence-electron chi connectivity index (χ2n) is 3.71. The number of esters is 1. The molecule has 0 atom stereocenters. The molecule has 0 fully saturated rings. The number of aliphatic hydroxyl groups is 1. The first kappa shape index (κ1) is 17.8. The van der Waals surface area contributed by atoms with Gasteiger partial charge in [0.05, 0.1) is 33.0 Å². The summed E-state index contributed by atoms with van der Waals surface area (Å²) >= 11 is 0. The van der Waals surface area contributed by atoms with Gasteiger partial charge in [0.15, 0.2) is 0 Å². The van der Waals surface area contributed by atoms with E-state index in [0.29, 0.717) is 0 Å². The van der Waals surface area contributed by atoms with E-state index in [-0.39, 0.29) is 45.1 Å². The van der Waals surface area contributed by atoms with E-state index in [9.17, 15) is 18.0 Å². The molecule has 0 saturated heterocycles. The zero-order valence-electron chi connectivity index (χ0n) is 11.0. The molecular formula is C10H19NO7S. The van der Waals surface area contributed by atoms with Crippen LogP contribution in [0, 0.1) is 0 Å². The Morgan fingerprint density at radius 2 is 1.84 bits per heavy atom. The van der Waals surface area contributed by atoms with Crippen molar-refractivity contribution < 1.29 is 32.0 Å². The average Bonchev–Trinajstić information content (AvgIpc) is 2.33. The van der Waals surface area contributed by atoms with Crippen LogP contribution in [0.2, 0.25) is 0 Å². The van der Waals surface area contributed by atoms with Crippen LogP contribution < -0.4 is 0 Å². The van der Waals surface area contributed by atoms with E-state index in [0.717, 1.165) is 6.26 Å². The highest BCUT2D eigenvalue weighted by Crippen LogP contribution is 2.00. The molecule has 0 spiro atoms. The van der Waals surface area contributed by atoms with Crippen LogP contribution >= 0.6 is 0 Å². The van der Waals surface area contributed by atoms with Crippen molar-refractivity contribution in [2.75, 3.05) is 39.7 Å². The highest BCUT2D eigenvalue weighted by Gasteiger charge is 2.15. The first-order valence-electron chi connectivity index (χ1n) is 5.60. The number of hydrogen-bond donors (Lipinski definition) is 1. The summed E-state index contributed by atoms with van der Waals surface area (Å²) in [6, 6.07) is 0. The summed E-state index contributed by atoms with van der Waals surface area (Å²) in [4.78, 5) is 23.8. The zero-order chi connectivity index (χ0) is 14.9. The first-order chi connectivity index (χ1) is 8.80. The maximum atomic E-state index is 11.7. The van der Waals surface area contributed by atoms with Gasteiger partial charge in [0, 0.05) is 19.5 Å². The number of carbonyl (C=O) groups excluding carboxylic acids is 2. The SMILES string of the molecule is COC(=O)CCC(=O)N(CCO)CCOS(C)(=O)=O. The van der Waals surface area contributed by atoms with E-state index >= 15 is 0 Å². The monoisotopic (exact) mass is 297 g/mol. The van der Waals surface area contributed by atoms with Crippen LogP contribution in [0.15, 0.2) is 0 Å². The van der Waals surface area contributed by atoms with Gasteiger partial charge in [-0.1, -0.05) is 0 Å². The first-order valence-corrected chi connectivity index (χ1v) is 7.41. The van der Waals surface area contributed by atoms with Crippen LogP contribution in [0.3, 0.4) is 0 Å². The van der Waals surface area contributed by atoms with Gasteiger partial charge in [-0.3, -0.25) is 13.8 Å². The van der Waals surface area contributed by atoms with Crippen LogP contribution in [-0.2, 0) is 28.6 Å². The number of nitrogens with zero attached hydrogens (tertiary/aromatic N) is 1. The van der Waals surface area contributed by atoms with Gasteiger partial charge in [0.1, 0.15) is 0 Å². The third-order valence-electron chi connectivity index (χ3n) is 2.15. The lowest BCUT2D eigenvalue weighted by Crippen LogP contribution is -2.36. The van der Waals surface area contributed by atoms with Gasteiger partial charge in [-0.2, -0.15) is 8.42 Å². The maximum Gasteiger partial charge on any atom is 0.306 e. The normalized spacial score (nSPS) is 11.1. The fourth-order valence-corrected chi connectivity index (χ4v) is 1.63. The number of carbonyl (C=O) groups is 2. The van der Waals surface area contributed by atoms with Gasteiger partial charge >= 0.3 is 5.97 Å². The number of aliphatic hydroxyl groups excluding tert-OH is 1. The molecule has 0 radical (unpaired) electrons. The molecule has 0 aromatic heterocycles. The highest BCUT2D eigenvalue weighted by atomic mass is 32.2. The molecule has 0 aliphatic heterocycles. The lowest BCUT2D eigenvalue weighted by molar-refractivity contribution is -0.143. The molecule has 19 heavy (non-hydrogen) atoms. The largest absolute Gasteiger partial charge is 0.469 e. The second-order valence-corrected chi connectivity index (χ2v) is 5.35. The fraction of sp³-hybridized carbons (Fsp3) is 0.800. The van der Waals surface area contributed by atoms with Crippen molar-refractivity contribution in [2.45, 2.75) is 12.8 Å². The predicted molar refractivity (Wildman–Crippen MR) is 65.7 cm³/mol. The minimum atomic E-state index is -3.56. The van der Waals surface area contributed by atoms with Crippen LogP contribution in [0.4, 0.5) is 0 Å². The minimum Gasteiger partial charge on any atom is -0.469 e. The van der Waals surface area contributed by atoms with Crippen molar-refractivity contribution in [3.63, 3.8) is 0 Å². The van der Waals surface area contributed by atoms with Gasteiger partial charge < -0.3 is 14.7 Å².